The minimum atomic E-state index is -0.943. The zero-order chi connectivity index (χ0) is 12.3. The van der Waals surface area contributed by atoms with E-state index in [1.54, 1.807) is 18.2 Å². The molecule has 0 saturated carbocycles. The molecule has 0 amide bonds. The average molecular weight is 248 g/mol. The Bertz CT molecular complexity index is 535. The summed E-state index contributed by atoms with van der Waals surface area (Å²) in [6.07, 6.45) is 2.36. The largest absolute Gasteiger partial charge is 0.478 e. The predicted molar refractivity (Wildman–Crippen MR) is 67.9 cm³/mol. The van der Waals surface area contributed by atoms with Crippen molar-refractivity contribution in [1.29, 1.82) is 0 Å². The minimum absolute atomic E-state index is 0.261. The van der Waals surface area contributed by atoms with E-state index in [9.17, 15) is 4.79 Å². The summed E-state index contributed by atoms with van der Waals surface area (Å²) in [5.41, 5.74) is 0.261. The Hall–Kier alpha value is -1.81. The molecule has 0 radical (unpaired) electrons. The maximum Gasteiger partial charge on any atom is 0.337 e. The number of rotatable bonds is 4. The van der Waals surface area contributed by atoms with Gasteiger partial charge in [-0.1, -0.05) is 13.0 Å². The number of hydrogen-bond acceptors (Lipinski definition) is 3. The topological polar surface area (TPSA) is 50.4 Å². The highest BCUT2D eigenvalue weighted by Gasteiger charge is 2.12. The molecular weight excluding hydrogens is 236 g/mol. The summed E-state index contributed by atoms with van der Waals surface area (Å²) in [5.74, 6) is 0.488. The number of carbonyl (C=O) groups is 1. The molecule has 0 saturated heterocycles. The summed E-state index contributed by atoms with van der Waals surface area (Å²) in [5, 5.41) is 11.0. The van der Waals surface area contributed by atoms with Crippen LogP contribution in [-0.2, 0) is 11.2 Å². The molecular formula is C13H12O3S. The SMILES string of the molecule is CCc1ccc(C=C(C(=O)O)c2cccs2)o1. The normalized spacial score (nSPS) is 11.7. The number of hydrogen-bond donors (Lipinski definition) is 1. The van der Waals surface area contributed by atoms with Gasteiger partial charge in [-0.05, 0) is 29.7 Å². The van der Waals surface area contributed by atoms with Gasteiger partial charge in [-0.25, -0.2) is 4.79 Å². The molecule has 2 rings (SSSR count). The Labute approximate surface area is 103 Å². The van der Waals surface area contributed by atoms with E-state index in [1.165, 1.54) is 11.3 Å². The molecule has 2 heterocycles. The second-order valence-corrected chi connectivity index (χ2v) is 4.45. The Morgan fingerprint density at radius 1 is 1.47 bits per heavy atom. The van der Waals surface area contributed by atoms with Crippen molar-refractivity contribution in [3.8, 4) is 0 Å². The molecule has 0 aliphatic heterocycles. The lowest BCUT2D eigenvalue weighted by Crippen LogP contribution is -1.97. The highest BCUT2D eigenvalue weighted by Crippen LogP contribution is 2.23. The van der Waals surface area contributed by atoms with Crippen LogP contribution in [0.15, 0.2) is 34.1 Å². The summed E-state index contributed by atoms with van der Waals surface area (Å²) in [7, 11) is 0. The van der Waals surface area contributed by atoms with E-state index in [-0.39, 0.29) is 5.57 Å². The molecule has 2 aromatic rings. The Kier molecular flexibility index (Phi) is 3.44. The highest BCUT2D eigenvalue weighted by molar-refractivity contribution is 7.11. The van der Waals surface area contributed by atoms with E-state index >= 15 is 0 Å². The molecule has 1 N–H and O–H groups in total. The van der Waals surface area contributed by atoms with Crippen LogP contribution in [0.2, 0.25) is 0 Å². The van der Waals surface area contributed by atoms with Gasteiger partial charge in [-0.2, -0.15) is 0 Å². The van der Waals surface area contributed by atoms with Crippen LogP contribution < -0.4 is 0 Å². The molecule has 17 heavy (non-hydrogen) atoms. The van der Waals surface area contributed by atoms with Crippen LogP contribution in [0.4, 0.5) is 0 Å². The Morgan fingerprint density at radius 2 is 2.29 bits per heavy atom. The van der Waals surface area contributed by atoms with Crippen molar-refractivity contribution in [3.63, 3.8) is 0 Å². The molecule has 88 valence electrons. The van der Waals surface area contributed by atoms with Gasteiger partial charge in [0, 0.05) is 11.3 Å². The molecule has 2 aromatic heterocycles. The van der Waals surface area contributed by atoms with E-state index < -0.39 is 5.97 Å². The molecule has 0 aliphatic rings. The van der Waals surface area contributed by atoms with E-state index in [0.717, 1.165) is 17.1 Å². The maximum atomic E-state index is 11.2. The Balaban J connectivity index is 2.36. The van der Waals surface area contributed by atoms with Crippen molar-refractivity contribution < 1.29 is 14.3 Å². The summed E-state index contributed by atoms with van der Waals surface area (Å²) in [6, 6.07) is 7.26. The van der Waals surface area contributed by atoms with Crippen molar-refractivity contribution in [2.45, 2.75) is 13.3 Å². The van der Waals surface area contributed by atoms with Gasteiger partial charge >= 0.3 is 5.97 Å². The zero-order valence-corrected chi connectivity index (χ0v) is 10.2. The quantitative estimate of drug-likeness (QED) is 0.842. The molecule has 3 nitrogen and oxygen atoms in total. The fraction of sp³-hybridized carbons (Fsp3) is 0.154. The third-order valence-corrected chi connectivity index (χ3v) is 3.24. The number of thiophene rings is 1. The molecule has 0 bridgehead atoms. The van der Waals surface area contributed by atoms with Crippen LogP contribution in [0, 0.1) is 0 Å². The van der Waals surface area contributed by atoms with E-state index in [4.69, 9.17) is 9.52 Å². The second-order valence-electron chi connectivity index (χ2n) is 3.50. The molecule has 0 aliphatic carbocycles. The van der Waals surface area contributed by atoms with Gasteiger partial charge in [-0.15, -0.1) is 11.3 Å². The van der Waals surface area contributed by atoms with Crippen molar-refractivity contribution in [1.82, 2.24) is 0 Å². The lowest BCUT2D eigenvalue weighted by Gasteiger charge is -1.97. The number of aryl methyl sites for hydroxylation is 1. The van der Waals surface area contributed by atoms with E-state index in [0.29, 0.717) is 5.76 Å². The van der Waals surface area contributed by atoms with Gasteiger partial charge < -0.3 is 9.52 Å². The highest BCUT2D eigenvalue weighted by atomic mass is 32.1. The summed E-state index contributed by atoms with van der Waals surface area (Å²) < 4.78 is 5.48. The van der Waals surface area contributed by atoms with Gasteiger partial charge in [0.05, 0.1) is 5.57 Å². The first-order valence-electron chi connectivity index (χ1n) is 5.28. The molecule has 4 heteroatoms. The number of furan rings is 1. The van der Waals surface area contributed by atoms with Crippen LogP contribution in [0.5, 0.6) is 0 Å². The van der Waals surface area contributed by atoms with Gasteiger partial charge in [0.15, 0.2) is 0 Å². The average Bonchev–Trinajstić information content (AvgIpc) is 2.96. The van der Waals surface area contributed by atoms with Gasteiger partial charge in [0.2, 0.25) is 0 Å². The van der Waals surface area contributed by atoms with Crippen molar-refractivity contribution in [2.75, 3.05) is 0 Å². The van der Waals surface area contributed by atoms with Crippen LogP contribution in [0.3, 0.4) is 0 Å². The number of carboxylic acids is 1. The van der Waals surface area contributed by atoms with E-state index in [1.807, 2.05) is 24.4 Å². The standard InChI is InChI=1S/C13H12O3S/c1-2-9-5-6-10(16-9)8-11(13(14)15)12-4-3-7-17-12/h3-8H,2H2,1H3,(H,14,15). The van der Waals surface area contributed by atoms with Gasteiger partial charge in [-0.3, -0.25) is 0 Å². The first-order chi connectivity index (χ1) is 8.20. The van der Waals surface area contributed by atoms with Gasteiger partial charge in [0.1, 0.15) is 11.5 Å². The number of aliphatic carboxylic acids is 1. The minimum Gasteiger partial charge on any atom is -0.478 e. The monoisotopic (exact) mass is 248 g/mol. The lowest BCUT2D eigenvalue weighted by molar-refractivity contribution is -0.130. The molecule has 0 atom stereocenters. The van der Waals surface area contributed by atoms with Crippen LogP contribution in [-0.4, -0.2) is 11.1 Å². The summed E-state index contributed by atoms with van der Waals surface area (Å²) in [4.78, 5) is 11.9. The Morgan fingerprint density at radius 3 is 2.82 bits per heavy atom. The van der Waals surface area contributed by atoms with Crippen LogP contribution in [0.25, 0.3) is 11.6 Å². The van der Waals surface area contributed by atoms with Crippen molar-refractivity contribution in [2.24, 2.45) is 0 Å². The molecule has 0 fully saturated rings. The maximum absolute atomic E-state index is 11.2. The number of carboxylic acid groups (broad SMARTS) is 1. The van der Waals surface area contributed by atoms with E-state index in [2.05, 4.69) is 0 Å². The third-order valence-electron chi connectivity index (χ3n) is 2.33. The fourth-order valence-corrected chi connectivity index (χ4v) is 2.21. The molecule has 0 unspecified atom stereocenters. The molecule has 0 spiro atoms. The zero-order valence-electron chi connectivity index (χ0n) is 9.34. The lowest BCUT2D eigenvalue weighted by atomic mass is 10.2. The smallest absolute Gasteiger partial charge is 0.337 e. The fourth-order valence-electron chi connectivity index (χ4n) is 1.47. The predicted octanol–water partition coefficient (Wildman–Crippen LogP) is 3.53. The van der Waals surface area contributed by atoms with Gasteiger partial charge in [0.25, 0.3) is 0 Å². The van der Waals surface area contributed by atoms with Crippen molar-refractivity contribution in [3.05, 3.63) is 46.0 Å². The van der Waals surface area contributed by atoms with Crippen LogP contribution >= 0.6 is 11.3 Å². The summed E-state index contributed by atoms with van der Waals surface area (Å²) in [6.45, 7) is 1.99. The second kappa shape index (κ2) is 5.01. The van der Waals surface area contributed by atoms with Crippen LogP contribution in [0.1, 0.15) is 23.3 Å². The first-order valence-corrected chi connectivity index (χ1v) is 6.16. The summed E-state index contributed by atoms with van der Waals surface area (Å²) >= 11 is 1.40. The third kappa shape index (κ3) is 2.65. The first kappa shape index (κ1) is 11.7. The molecule has 0 aromatic carbocycles. The van der Waals surface area contributed by atoms with Crippen molar-refractivity contribution >= 4 is 29.0 Å².